The second kappa shape index (κ2) is 6.42. The minimum Gasteiger partial charge on any atom is -0.343 e. The van der Waals surface area contributed by atoms with E-state index in [1.54, 1.807) is 17.4 Å². The number of benzene rings is 1. The van der Waals surface area contributed by atoms with Crippen LogP contribution in [0.3, 0.4) is 0 Å². The van der Waals surface area contributed by atoms with E-state index in [0.29, 0.717) is 23.7 Å². The van der Waals surface area contributed by atoms with E-state index in [-0.39, 0.29) is 5.82 Å². The Balaban J connectivity index is 1.68. The highest BCUT2D eigenvalue weighted by atomic mass is 32.1. The van der Waals surface area contributed by atoms with E-state index in [9.17, 15) is 4.39 Å². The van der Waals surface area contributed by atoms with Gasteiger partial charge in [-0.2, -0.15) is 5.26 Å². The normalized spacial score (nSPS) is 19.1. The number of nitrogens with zero attached hydrogens (tertiary/aromatic N) is 4. The van der Waals surface area contributed by atoms with Crippen molar-refractivity contribution in [3.8, 4) is 6.07 Å². The summed E-state index contributed by atoms with van der Waals surface area (Å²) in [6.45, 7) is 5.30. The van der Waals surface area contributed by atoms with Gasteiger partial charge >= 0.3 is 0 Å². The summed E-state index contributed by atoms with van der Waals surface area (Å²) in [5, 5.41) is 12.0. The first-order valence-corrected chi connectivity index (χ1v) is 8.12. The molecule has 3 rings (SSSR count). The summed E-state index contributed by atoms with van der Waals surface area (Å²) in [7, 11) is 0. The van der Waals surface area contributed by atoms with Gasteiger partial charge in [-0.25, -0.2) is 9.37 Å². The maximum atomic E-state index is 13.9. The molecule has 0 unspecified atom stereocenters. The van der Waals surface area contributed by atoms with Crippen molar-refractivity contribution in [1.29, 1.82) is 5.26 Å². The number of anilines is 1. The van der Waals surface area contributed by atoms with E-state index in [4.69, 9.17) is 5.26 Å². The molecule has 0 bridgehead atoms. The zero-order chi connectivity index (χ0) is 15.5. The highest BCUT2D eigenvalue weighted by molar-refractivity contribution is 7.13. The van der Waals surface area contributed by atoms with Crippen molar-refractivity contribution < 1.29 is 4.39 Å². The Hall–Kier alpha value is -1.97. The van der Waals surface area contributed by atoms with Gasteiger partial charge in [0, 0.05) is 49.4 Å². The van der Waals surface area contributed by atoms with Crippen LogP contribution in [0.15, 0.2) is 29.8 Å². The molecule has 0 spiro atoms. The molecule has 0 aliphatic carbocycles. The Labute approximate surface area is 133 Å². The first-order valence-electron chi connectivity index (χ1n) is 7.24. The summed E-state index contributed by atoms with van der Waals surface area (Å²) in [5.41, 5.74) is 1.10. The van der Waals surface area contributed by atoms with E-state index < -0.39 is 0 Å². The molecule has 0 N–H and O–H groups in total. The number of rotatable bonds is 3. The van der Waals surface area contributed by atoms with Crippen LogP contribution >= 0.6 is 11.3 Å². The van der Waals surface area contributed by atoms with E-state index in [1.807, 2.05) is 11.6 Å². The number of hydrogen-bond acceptors (Lipinski definition) is 5. The standard InChI is InChI=1S/C16H17FN4S/c1-12-10-20(5-6-21(12)16-19-4-7-22-16)11-14-8-13(9-18)2-3-15(14)17/h2-4,7-8,12H,5-6,10-11H2,1H3/t12-/m0/s1. The van der Waals surface area contributed by atoms with Gasteiger partial charge in [-0.15, -0.1) is 11.3 Å². The first kappa shape index (κ1) is 14.9. The second-order valence-corrected chi connectivity index (χ2v) is 6.38. The Kier molecular flexibility index (Phi) is 4.36. The first-order chi connectivity index (χ1) is 10.7. The van der Waals surface area contributed by atoms with Gasteiger partial charge in [0.2, 0.25) is 0 Å². The molecule has 1 aromatic carbocycles. The summed E-state index contributed by atoms with van der Waals surface area (Å²) < 4.78 is 13.9. The Morgan fingerprint density at radius 2 is 2.32 bits per heavy atom. The fraction of sp³-hybridized carbons (Fsp3) is 0.375. The topological polar surface area (TPSA) is 43.2 Å². The van der Waals surface area contributed by atoms with Gasteiger partial charge < -0.3 is 4.90 Å². The third-order valence-corrected chi connectivity index (χ3v) is 4.75. The van der Waals surface area contributed by atoms with Crippen LogP contribution in [0, 0.1) is 17.1 Å². The smallest absolute Gasteiger partial charge is 0.185 e. The van der Waals surface area contributed by atoms with Crippen molar-refractivity contribution in [2.75, 3.05) is 24.5 Å². The Morgan fingerprint density at radius 1 is 1.45 bits per heavy atom. The van der Waals surface area contributed by atoms with Crippen molar-refractivity contribution in [3.63, 3.8) is 0 Å². The third-order valence-electron chi connectivity index (χ3n) is 3.95. The Morgan fingerprint density at radius 3 is 3.00 bits per heavy atom. The number of thiazole rings is 1. The van der Waals surface area contributed by atoms with Crippen LogP contribution in [0.2, 0.25) is 0 Å². The van der Waals surface area contributed by atoms with E-state index >= 15 is 0 Å². The molecule has 0 saturated carbocycles. The molecule has 1 saturated heterocycles. The van der Waals surface area contributed by atoms with Gasteiger partial charge in [0.1, 0.15) is 5.82 Å². The molecular formula is C16H17FN4S. The zero-order valence-corrected chi connectivity index (χ0v) is 13.2. The van der Waals surface area contributed by atoms with E-state index in [2.05, 4.69) is 27.8 Å². The lowest BCUT2D eigenvalue weighted by molar-refractivity contribution is 0.218. The molecule has 2 heterocycles. The number of halogens is 1. The summed E-state index contributed by atoms with van der Waals surface area (Å²) in [6.07, 6.45) is 1.82. The van der Waals surface area contributed by atoms with Crippen molar-refractivity contribution in [3.05, 3.63) is 46.7 Å². The van der Waals surface area contributed by atoms with Crippen LogP contribution in [0.5, 0.6) is 0 Å². The molecule has 6 heteroatoms. The van der Waals surface area contributed by atoms with Gasteiger partial charge in [-0.05, 0) is 25.1 Å². The minimum atomic E-state index is -0.242. The highest BCUT2D eigenvalue weighted by Crippen LogP contribution is 2.23. The highest BCUT2D eigenvalue weighted by Gasteiger charge is 2.25. The molecule has 0 amide bonds. The van der Waals surface area contributed by atoms with Gasteiger partial charge in [0.05, 0.1) is 11.6 Å². The average molecular weight is 316 g/mol. The minimum absolute atomic E-state index is 0.242. The lowest BCUT2D eigenvalue weighted by Gasteiger charge is -2.39. The molecule has 2 aromatic rings. The number of piperazine rings is 1. The van der Waals surface area contributed by atoms with E-state index in [1.165, 1.54) is 12.1 Å². The van der Waals surface area contributed by atoms with Crippen LogP contribution in [0.4, 0.5) is 9.52 Å². The monoisotopic (exact) mass is 316 g/mol. The Bertz CT molecular complexity index is 680. The average Bonchev–Trinajstić information content (AvgIpc) is 3.04. The maximum absolute atomic E-state index is 13.9. The molecule has 1 atom stereocenters. The van der Waals surface area contributed by atoms with Crippen molar-refractivity contribution >= 4 is 16.5 Å². The molecule has 22 heavy (non-hydrogen) atoms. The molecule has 1 aromatic heterocycles. The van der Waals surface area contributed by atoms with Gasteiger partial charge in [0.15, 0.2) is 5.13 Å². The van der Waals surface area contributed by atoms with Crippen molar-refractivity contribution in [2.45, 2.75) is 19.5 Å². The lowest BCUT2D eigenvalue weighted by atomic mass is 10.1. The summed E-state index contributed by atoms with van der Waals surface area (Å²) in [5.74, 6) is -0.242. The third kappa shape index (κ3) is 3.11. The fourth-order valence-corrected chi connectivity index (χ4v) is 3.60. The number of nitriles is 1. The molecule has 0 radical (unpaired) electrons. The van der Waals surface area contributed by atoms with Gasteiger partial charge in [0.25, 0.3) is 0 Å². The molecular weight excluding hydrogens is 299 g/mol. The van der Waals surface area contributed by atoms with Crippen LogP contribution < -0.4 is 4.90 Å². The van der Waals surface area contributed by atoms with Crippen LogP contribution in [0.25, 0.3) is 0 Å². The molecule has 1 aliphatic rings. The second-order valence-electron chi connectivity index (χ2n) is 5.51. The summed E-state index contributed by atoms with van der Waals surface area (Å²) in [4.78, 5) is 8.89. The van der Waals surface area contributed by atoms with Crippen molar-refractivity contribution in [2.24, 2.45) is 0 Å². The predicted molar refractivity (Wildman–Crippen MR) is 85.3 cm³/mol. The number of hydrogen-bond donors (Lipinski definition) is 0. The molecule has 114 valence electrons. The van der Waals surface area contributed by atoms with Crippen LogP contribution in [-0.4, -0.2) is 35.6 Å². The number of aromatic nitrogens is 1. The SMILES string of the molecule is C[C@H]1CN(Cc2cc(C#N)ccc2F)CCN1c1nccs1. The summed E-state index contributed by atoms with van der Waals surface area (Å²) in [6, 6.07) is 6.94. The molecule has 1 aliphatic heterocycles. The fourth-order valence-electron chi connectivity index (χ4n) is 2.82. The zero-order valence-electron chi connectivity index (χ0n) is 12.4. The molecule has 1 fully saturated rings. The lowest BCUT2D eigenvalue weighted by Crippen LogP contribution is -2.51. The van der Waals surface area contributed by atoms with Crippen LogP contribution in [0.1, 0.15) is 18.1 Å². The summed E-state index contributed by atoms with van der Waals surface area (Å²) >= 11 is 1.65. The van der Waals surface area contributed by atoms with Gasteiger partial charge in [-0.1, -0.05) is 0 Å². The van der Waals surface area contributed by atoms with Crippen molar-refractivity contribution in [1.82, 2.24) is 9.88 Å². The van der Waals surface area contributed by atoms with E-state index in [0.717, 1.165) is 24.8 Å². The maximum Gasteiger partial charge on any atom is 0.185 e. The van der Waals surface area contributed by atoms with Crippen LogP contribution in [-0.2, 0) is 6.54 Å². The molecule has 4 nitrogen and oxygen atoms in total. The quantitative estimate of drug-likeness (QED) is 0.873. The van der Waals surface area contributed by atoms with Gasteiger partial charge in [-0.3, -0.25) is 4.90 Å². The largest absolute Gasteiger partial charge is 0.343 e. The predicted octanol–water partition coefficient (Wildman–Crippen LogP) is 2.86.